The van der Waals surface area contributed by atoms with E-state index in [0.717, 1.165) is 31.4 Å². The van der Waals surface area contributed by atoms with Crippen molar-refractivity contribution in [3.8, 4) is 0 Å². The minimum atomic E-state index is 0.827. The number of benzene rings is 1. The van der Waals surface area contributed by atoms with Gasteiger partial charge in [-0.15, -0.1) is 0 Å². The average molecular weight is 340 g/mol. The van der Waals surface area contributed by atoms with E-state index < -0.39 is 0 Å². The van der Waals surface area contributed by atoms with E-state index in [2.05, 4.69) is 29.6 Å². The molecule has 0 fully saturated rings. The molecule has 0 unspecified atom stereocenters. The van der Waals surface area contributed by atoms with Crippen molar-refractivity contribution < 1.29 is 0 Å². The number of para-hydroxylation sites is 1. The molecule has 0 amide bonds. The molecule has 0 saturated carbocycles. The highest BCUT2D eigenvalue weighted by Crippen LogP contribution is 2.32. The number of fused-ring (bicyclic) bond motifs is 2. The molecule has 2 aromatic rings. The number of hydrogen-bond donors (Lipinski definition) is 2. The molecule has 3 N–H and O–H groups in total. The molecule has 1 heterocycles. The summed E-state index contributed by atoms with van der Waals surface area (Å²) in [5.41, 5.74) is 10.9. The predicted octanol–water partition coefficient (Wildman–Crippen LogP) is 5.21. The summed E-state index contributed by atoms with van der Waals surface area (Å²) in [7, 11) is 0. The van der Waals surface area contributed by atoms with E-state index in [1.54, 1.807) is 0 Å². The Balaban J connectivity index is 1.73. The third-order valence-corrected chi connectivity index (χ3v) is 5.35. The molecule has 0 spiro atoms. The van der Waals surface area contributed by atoms with E-state index in [0.29, 0.717) is 0 Å². The second-order valence-electron chi connectivity index (χ2n) is 7.33. The van der Waals surface area contributed by atoms with Gasteiger partial charge in [0.05, 0.1) is 5.52 Å². The molecule has 0 radical (unpaired) electrons. The van der Waals surface area contributed by atoms with Crippen molar-refractivity contribution >= 4 is 16.6 Å². The van der Waals surface area contributed by atoms with Crippen LogP contribution in [0.5, 0.6) is 0 Å². The number of nitrogens with two attached hydrogens (primary N) is 1. The summed E-state index contributed by atoms with van der Waals surface area (Å²) in [5.74, 6) is 0. The number of hydrogen-bond acceptors (Lipinski definition) is 3. The predicted molar refractivity (Wildman–Crippen MR) is 108 cm³/mol. The first kappa shape index (κ1) is 18.2. The van der Waals surface area contributed by atoms with E-state index in [4.69, 9.17) is 10.7 Å². The fourth-order valence-electron chi connectivity index (χ4n) is 3.94. The molecule has 0 atom stereocenters. The van der Waals surface area contributed by atoms with Crippen molar-refractivity contribution in [2.75, 3.05) is 18.4 Å². The molecule has 136 valence electrons. The lowest BCUT2D eigenvalue weighted by atomic mass is 9.94. The Hall–Kier alpha value is -1.61. The third-order valence-electron chi connectivity index (χ3n) is 5.35. The number of nitrogens with one attached hydrogen (secondary N) is 1. The quantitative estimate of drug-likeness (QED) is 0.649. The van der Waals surface area contributed by atoms with Crippen LogP contribution in [0.2, 0.25) is 0 Å². The van der Waals surface area contributed by atoms with Gasteiger partial charge >= 0.3 is 0 Å². The molecule has 1 aliphatic carbocycles. The lowest BCUT2D eigenvalue weighted by molar-refractivity contribution is 0.610. The first-order valence-corrected chi connectivity index (χ1v) is 10.2. The summed E-state index contributed by atoms with van der Waals surface area (Å²) in [5, 5.41) is 5.09. The molecule has 0 aliphatic heterocycles. The van der Waals surface area contributed by atoms with E-state index in [-0.39, 0.29) is 0 Å². The Labute approximate surface area is 152 Å². The highest BCUT2D eigenvalue weighted by Gasteiger charge is 2.16. The second-order valence-corrected chi connectivity index (χ2v) is 7.33. The van der Waals surface area contributed by atoms with Crippen LogP contribution < -0.4 is 11.1 Å². The maximum atomic E-state index is 5.57. The summed E-state index contributed by atoms with van der Waals surface area (Å²) < 4.78 is 0. The fourth-order valence-corrected chi connectivity index (χ4v) is 3.94. The van der Waals surface area contributed by atoms with Crippen LogP contribution in [0, 0.1) is 0 Å². The molecule has 1 aromatic carbocycles. The maximum absolute atomic E-state index is 5.57. The summed E-state index contributed by atoms with van der Waals surface area (Å²) in [4.78, 5) is 5.00. The Kier molecular flexibility index (Phi) is 7.10. The van der Waals surface area contributed by atoms with E-state index >= 15 is 0 Å². The number of anilines is 1. The third kappa shape index (κ3) is 4.94. The highest BCUT2D eigenvalue weighted by atomic mass is 14.9. The smallest absolute Gasteiger partial charge is 0.0726 e. The van der Waals surface area contributed by atoms with Crippen LogP contribution >= 0.6 is 0 Å². The van der Waals surface area contributed by atoms with Crippen LogP contribution in [0.3, 0.4) is 0 Å². The molecule has 1 aliphatic rings. The Morgan fingerprint density at radius 1 is 0.880 bits per heavy atom. The zero-order valence-electron chi connectivity index (χ0n) is 15.5. The first-order chi connectivity index (χ1) is 12.4. The van der Waals surface area contributed by atoms with Crippen LogP contribution in [0.15, 0.2) is 24.3 Å². The lowest BCUT2D eigenvalue weighted by Crippen LogP contribution is -2.10. The molecule has 0 bridgehead atoms. The monoisotopic (exact) mass is 339 g/mol. The number of aromatic nitrogens is 1. The zero-order chi connectivity index (χ0) is 17.3. The SMILES string of the molecule is NCCCCCCCNc1c2c(nc3ccccc13)CCCCCC2. The van der Waals surface area contributed by atoms with Gasteiger partial charge in [0.15, 0.2) is 0 Å². The van der Waals surface area contributed by atoms with Crippen LogP contribution in [-0.2, 0) is 12.8 Å². The molecule has 3 nitrogen and oxygen atoms in total. The summed E-state index contributed by atoms with van der Waals surface area (Å²) >= 11 is 0. The second kappa shape index (κ2) is 9.76. The average Bonchev–Trinajstić information content (AvgIpc) is 2.61. The number of nitrogens with zero attached hydrogens (tertiary/aromatic N) is 1. The van der Waals surface area contributed by atoms with Gasteiger partial charge in [0, 0.05) is 23.3 Å². The van der Waals surface area contributed by atoms with Crippen molar-refractivity contribution in [2.24, 2.45) is 5.73 Å². The molecule has 3 rings (SSSR count). The van der Waals surface area contributed by atoms with Crippen molar-refractivity contribution in [1.29, 1.82) is 0 Å². The maximum Gasteiger partial charge on any atom is 0.0726 e. The van der Waals surface area contributed by atoms with Crippen molar-refractivity contribution in [1.82, 2.24) is 4.98 Å². The highest BCUT2D eigenvalue weighted by molar-refractivity contribution is 5.93. The normalized spacial score (nSPS) is 14.8. The van der Waals surface area contributed by atoms with Gasteiger partial charge in [-0.1, -0.05) is 50.3 Å². The molecule has 0 saturated heterocycles. The Bertz CT molecular complexity index is 666. The van der Waals surface area contributed by atoms with Gasteiger partial charge in [-0.2, -0.15) is 0 Å². The number of unbranched alkanes of at least 4 members (excludes halogenated alkanes) is 4. The molecular weight excluding hydrogens is 306 g/mol. The molecule has 25 heavy (non-hydrogen) atoms. The fraction of sp³-hybridized carbons (Fsp3) is 0.591. The number of pyridine rings is 1. The summed E-state index contributed by atoms with van der Waals surface area (Å²) in [6.07, 6.45) is 13.8. The number of aryl methyl sites for hydroxylation is 1. The Morgan fingerprint density at radius 2 is 1.64 bits per heavy atom. The van der Waals surface area contributed by atoms with E-state index in [1.807, 2.05) is 0 Å². The minimum absolute atomic E-state index is 0.827. The van der Waals surface area contributed by atoms with Gasteiger partial charge in [-0.25, -0.2) is 0 Å². The van der Waals surface area contributed by atoms with Crippen molar-refractivity contribution in [3.05, 3.63) is 35.5 Å². The van der Waals surface area contributed by atoms with Crippen LogP contribution in [0.25, 0.3) is 10.9 Å². The zero-order valence-corrected chi connectivity index (χ0v) is 15.5. The lowest BCUT2D eigenvalue weighted by Gasteiger charge is -2.20. The standard InChI is InChI=1S/C22H33N3/c23-16-10-4-1-5-11-17-24-22-18-12-6-2-3-7-14-20(18)25-21-15-9-8-13-19(21)22/h8-9,13,15H,1-7,10-12,14,16-17,23H2,(H,24,25). The van der Waals surface area contributed by atoms with E-state index in [1.165, 1.54) is 80.1 Å². The first-order valence-electron chi connectivity index (χ1n) is 10.2. The van der Waals surface area contributed by atoms with Crippen molar-refractivity contribution in [2.45, 2.75) is 70.6 Å². The van der Waals surface area contributed by atoms with Gasteiger partial charge in [0.2, 0.25) is 0 Å². The van der Waals surface area contributed by atoms with Gasteiger partial charge in [0.1, 0.15) is 0 Å². The Morgan fingerprint density at radius 3 is 2.52 bits per heavy atom. The van der Waals surface area contributed by atoms with Crippen LogP contribution in [0.4, 0.5) is 5.69 Å². The molecule has 3 heteroatoms. The van der Waals surface area contributed by atoms with Gasteiger partial charge < -0.3 is 11.1 Å². The van der Waals surface area contributed by atoms with Gasteiger partial charge in [0.25, 0.3) is 0 Å². The summed E-state index contributed by atoms with van der Waals surface area (Å²) in [6, 6.07) is 8.63. The van der Waals surface area contributed by atoms with Crippen LogP contribution in [-0.4, -0.2) is 18.1 Å². The topological polar surface area (TPSA) is 50.9 Å². The van der Waals surface area contributed by atoms with Crippen LogP contribution in [0.1, 0.15) is 69.0 Å². The molecule has 1 aromatic heterocycles. The van der Waals surface area contributed by atoms with Crippen molar-refractivity contribution in [3.63, 3.8) is 0 Å². The van der Waals surface area contributed by atoms with Gasteiger partial charge in [-0.3, -0.25) is 4.98 Å². The summed E-state index contributed by atoms with van der Waals surface area (Å²) in [6.45, 7) is 1.89. The number of rotatable bonds is 8. The molecular formula is C22H33N3. The van der Waals surface area contributed by atoms with E-state index in [9.17, 15) is 0 Å². The largest absolute Gasteiger partial charge is 0.384 e. The minimum Gasteiger partial charge on any atom is -0.384 e. The van der Waals surface area contributed by atoms with Gasteiger partial charge in [-0.05, 0) is 56.7 Å².